The largest absolute Gasteiger partial charge is 0.487 e. The first-order chi connectivity index (χ1) is 9.52. The van der Waals surface area contributed by atoms with Gasteiger partial charge in [0, 0.05) is 11.8 Å². The third kappa shape index (κ3) is 3.16. The lowest BCUT2D eigenvalue weighted by molar-refractivity contribution is 0.302. The van der Waals surface area contributed by atoms with E-state index in [1.54, 1.807) is 48.5 Å². The first-order valence-corrected chi connectivity index (χ1v) is 7.81. The smallest absolute Gasteiger partial charge is 0.175 e. The summed E-state index contributed by atoms with van der Waals surface area (Å²) in [6.45, 7) is 0.0991. The lowest BCUT2D eigenvalue weighted by atomic mass is 10.2. The molecule has 2 aromatic carbocycles. The Morgan fingerprint density at radius 2 is 1.75 bits per heavy atom. The molecule has 2 rings (SSSR count). The fourth-order valence-corrected chi connectivity index (χ4v) is 2.75. The molecular weight excluding hydrogens is 274 g/mol. The normalized spacial score (nSPS) is 10.8. The van der Waals surface area contributed by atoms with Crippen LogP contribution < -0.4 is 4.74 Å². The zero-order valence-corrected chi connectivity index (χ0v) is 11.7. The van der Waals surface area contributed by atoms with Crippen LogP contribution in [0.5, 0.6) is 5.75 Å². The summed E-state index contributed by atoms with van der Waals surface area (Å²) in [5.41, 5.74) is 0.993. The van der Waals surface area contributed by atoms with Crippen LogP contribution in [0.15, 0.2) is 53.4 Å². The van der Waals surface area contributed by atoms with E-state index in [2.05, 4.69) is 0 Å². The lowest BCUT2D eigenvalue weighted by Gasteiger charge is -2.10. The molecule has 102 valence electrons. The van der Waals surface area contributed by atoms with Gasteiger partial charge in [0.05, 0.1) is 10.5 Å². The highest BCUT2D eigenvalue weighted by atomic mass is 32.2. The van der Waals surface area contributed by atoms with E-state index >= 15 is 0 Å². The molecule has 0 radical (unpaired) electrons. The maximum Gasteiger partial charge on any atom is 0.175 e. The summed E-state index contributed by atoms with van der Waals surface area (Å²) in [5.74, 6) is 0.443. The summed E-state index contributed by atoms with van der Waals surface area (Å²) >= 11 is 0. The zero-order valence-electron chi connectivity index (χ0n) is 10.9. The fourth-order valence-electron chi connectivity index (χ4n) is 1.83. The van der Waals surface area contributed by atoms with Crippen molar-refractivity contribution in [1.29, 1.82) is 5.26 Å². The van der Waals surface area contributed by atoms with Crippen molar-refractivity contribution in [2.75, 3.05) is 6.26 Å². The number of para-hydroxylation sites is 1. The Bertz CT molecular complexity index is 761. The second-order valence-corrected chi connectivity index (χ2v) is 6.26. The van der Waals surface area contributed by atoms with Gasteiger partial charge in [-0.2, -0.15) is 5.26 Å². The third-order valence-corrected chi connectivity index (χ3v) is 3.96. The van der Waals surface area contributed by atoms with Gasteiger partial charge in [-0.05, 0) is 18.2 Å². The van der Waals surface area contributed by atoms with E-state index < -0.39 is 9.84 Å². The maximum absolute atomic E-state index is 11.7. The molecule has 20 heavy (non-hydrogen) atoms. The van der Waals surface area contributed by atoms with Gasteiger partial charge in [-0.25, -0.2) is 8.42 Å². The summed E-state index contributed by atoms with van der Waals surface area (Å²) in [5, 5.41) is 8.97. The molecule has 0 spiro atoms. The molecule has 0 aliphatic carbocycles. The molecular formula is C15H13NO3S. The zero-order chi connectivity index (χ0) is 14.6. The average molecular weight is 287 g/mol. The molecule has 5 heteroatoms. The summed E-state index contributed by atoms with van der Waals surface area (Å²) in [4.78, 5) is 0.245. The van der Waals surface area contributed by atoms with Crippen molar-refractivity contribution in [3.63, 3.8) is 0 Å². The van der Waals surface area contributed by atoms with Crippen molar-refractivity contribution >= 4 is 9.84 Å². The number of nitriles is 1. The molecule has 0 N–H and O–H groups in total. The van der Waals surface area contributed by atoms with E-state index in [0.717, 1.165) is 6.26 Å². The number of rotatable bonds is 4. The van der Waals surface area contributed by atoms with Crippen LogP contribution in [0.3, 0.4) is 0 Å². The third-order valence-electron chi connectivity index (χ3n) is 2.76. The number of benzene rings is 2. The van der Waals surface area contributed by atoms with Gasteiger partial charge in [0.1, 0.15) is 18.4 Å². The molecule has 0 fully saturated rings. The number of sulfone groups is 1. The molecule has 0 amide bonds. The molecule has 0 saturated heterocycles. The second kappa shape index (κ2) is 5.76. The van der Waals surface area contributed by atoms with Crippen molar-refractivity contribution < 1.29 is 13.2 Å². The Kier molecular flexibility index (Phi) is 4.06. The Morgan fingerprint density at radius 3 is 2.45 bits per heavy atom. The SMILES string of the molecule is CS(=O)(=O)c1ccccc1COc1ccccc1C#N. The van der Waals surface area contributed by atoms with Crippen LogP contribution in [0.25, 0.3) is 0 Å². The van der Waals surface area contributed by atoms with Gasteiger partial charge in [-0.3, -0.25) is 0 Å². The minimum Gasteiger partial charge on any atom is -0.487 e. The number of hydrogen-bond acceptors (Lipinski definition) is 4. The van der Waals surface area contributed by atoms with Gasteiger partial charge < -0.3 is 4.74 Å². The molecule has 0 unspecified atom stereocenters. The highest BCUT2D eigenvalue weighted by Crippen LogP contribution is 2.21. The first-order valence-electron chi connectivity index (χ1n) is 5.92. The number of hydrogen-bond donors (Lipinski definition) is 0. The average Bonchev–Trinajstić information content (AvgIpc) is 2.44. The molecule has 4 nitrogen and oxygen atoms in total. The van der Waals surface area contributed by atoms with Gasteiger partial charge in [0.15, 0.2) is 9.84 Å². The lowest BCUT2D eigenvalue weighted by Crippen LogP contribution is -2.05. The van der Waals surface area contributed by atoms with Crippen molar-refractivity contribution in [1.82, 2.24) is 0 Å². The Morgan fingerprint density at radius 1 is 1.10 bits per heavy atom. The molecule has 2 aromatic rings. The first kappa shape index (κ1) is 14.1. The minimum absolute atomic E-state index is 0.0991. The minimum atomic E-state index is -3.30. The number of nitrogens with zero attached hydrogens (tertiary/aromatic N) is 1. The van der Waals surface area contributed by atoms with Crippen LogP contribution in [-0.4, -0.2) is 14.7 Å². The van der Waals surface area contributed by atoms with Gasteiger partial charge >= 0.3 is 0 Å². The quantitative estimate of drug-likeness (QED) is 0.866. The molecule has 0 atom stereocenters. The Balaban J connectivity index is 2.27. The van der Waals surface area contributed by atoms with Crippen LogP contribution in [0.2, 0.25) is 0 Å². The van der Waals surface area contributed by atoms with E-state index in [0.29, 0.717) is 16.9 Å². The van der Waals surface area contributed by atoms with E-state index in [-0.39, 0.29) is 11.5 Å². The predicted molar refractivity (Wildman–Crippen MR) is 75.0 cm³/mol. The molecule has 0 aliphatic heterocycles. The maximum atomic E-state index is 11.7. The van der Waals surface area contributed by atoms with Gasteiger partial charge in [0.25, 0.3) is 0 Å². The van der Waals surface area contributed by atoms with Crippen molar-refractivity contribution in [2.45, 2.75) is 11.5 Å². The number of ether oxygens (including phenoxy) is 1. The molecule has 0 aliphatic rings. The summed E-state index contributed by atoms with van der Waals surface area (Å²) in [7, 11) is -3.30. The van der Waals surface area contributed by atoms with Crippen molar-refractivity contribution in [2.24, 2.45) is 0 Å². The van der Waals surface area contributed by atoms with Crippen LogP contribution in [-0.2, 0) is 16.4 Å². The predicted octanol–water partition coefficient (Wildman–Crippen LogP) is 2.54. The summed E-state index contributed by atoms with van der Waals surface area (Å²) in [6, 6.07) is 15.5. The molecule has 0 saturated carbocycles. The molecule has 0 heterocycles. The van der Waals surface area contributed by atoms with Gasteiger partial charge in [-0.15, -0.1) is 0 Å². The molecule has 0 bridgehead atoms. The van der Waals surface area contributed by atoms with Crippen LogP contribution in [0.1, 0.15) is 11.1 Å². The summed E-state index contributed by atoms with van der Waals surface area (Å²) in [6.07, 6.45) is 1.16. The van der Waals surface area contributed by atoms with E-state index in [9.17, 15) is 8.42 Å². The van der Waals surface area contributed by atoms with E-state index in [1.165, 1.54) is 0 Å². The van der Waals surface area contributed by atoms with Crippen molar-refractivity contribution in [3.8, 4) is 11.8 Å². The van der Waals surface area contributed by atoms with Gasteiger partial charge in [-0.1, -0.05) is 30.3 Å². The molecule has 0 aromatic heterocycles. The van der Waals surface area contributed by atoms with Gasteiger partial charge in [0.2, 0.25) is 0 Å². The van der Waals surface area contributed by atoms with Crippen LogP contribution >= 0.6 is 0 Å². The van der Waals surface area contributed by atoms with E-state index in [4.69, 9.17) is 10.00 Å². The summed E-state index contributed by atoms with van der Waals surface area (Å²) < 4.78 is 28.9. The highest BCUT2D eigenvalue weighted by molar-refractivity contribution is 7.90. The monoisotopic (exact) mass is 287 g/mol. The highest BCUT2D eigenvalue weighted by Gasteiger charge is 2.13. The Labute approximate surface area is 118 Å². The van der Waals surface area contributed by atoms with Crippen LogP contribution in [0, 0.1) is 11.3 Å². The van der Waals surface area contributed by atoms with Crippen LogP contribution in [0.4, 0.5) is 0 Å². The fraction of sp³-hybridized carbons (Fsp3) is 0.133. The van der Waals surface area contributed by atoms with Crippen molar-refractivity contribution in [3.05, 3.63) is 59.7 Å². The topological polar surface area (TPSA) is 67.2 Å². The standard InChI is InChI=1S/C15H13NO3S/c1-20(17,18)15-9-5-3-7-13(15)11-19-14-8-4-2-6-12(14)10-16/h2-9H,11H2,1H3. The second-order valence-electron chi connectivity index (χ2n) is 4.28. The Hall–Kier alpha value is -2.32. The van der Waals surface area contributed by atoms with E-state index in [1.807, 2.05) is 6.07 Å².